The Kier molecular flexibility index (Phi) is 5.43. The summed E-state index contributed by atoms with van der Waals surface area (Å²) < 4.78 is 5.96. The highest BCUT2D eigenvalue weighted by Gasteiger charge is 2.29. The summed E-state index contributed by atoms with van der Waals surface area (Å²) in [6.07, 6.45) is 2.93. The highest BCUT2D eigenvalue weighted by Crippen LogP contribution is 2.22. The lowest BCUT2D eigenvalue weighted by atomic mass is 9.97. The van der Waals surface area contributed by atoms with Crippen molar-refractivity contribution in [3.63, 3.8) is 0 Å². The number of ether oxygens (including phenoxy) is 1. The molecule has 0 saturated carbocycles. The van der Waals surface area contributed by atoms with E-state index in [1.165, 1.54) is 12.1 Å². The zero-order chi connectivity index (χ0) is 19.6. The van der Waals surface area contributed by atoms with Gasteiger partial charge in [-0.1, -0.05) is 12.1 Å². The molecule has 0 aliphatic carbocycles. The molecule has 2 atom stereocenters. The number of amides is 1. The summed E-state index contributed by atoms with van der Waals surface area (Å²) in [5.74, 6) is -1.00. The van der Waals surface area contributed by atoms with Gasteiger partial charge in [0.1, 0.15) is 6.54 Å². The van der Waals surface area contributed by atoms with Crippen molar-refractivity contribution in [2.24, 2.45) is 0 Å². The Morgan fingerprint density at radius 1 is 1.11 bits per heavy atom. The highest BCUT2D eigenvalue weighted by atomic mass is 16.5. The summed E-state index contributed by atoms with van der Waals surface area (Å²) in [7, 11) is 0. The zero-order valence-corrected chi connectivity index (χ0v) is 15.4. The standard InChI is InChI=1S/C19H23N3O5/c1-12-6-5-7-13(2)22(12)16(23)11-27-17(24)10-21-19(26)15-9-4-3-8-14(15)18(25)20-21/h3-4,8-9,12-13H,5-7,10-11H2,1-2H3,(H,20,25)/t12-,13+. The van der Waals surface area contributed by atoms with Gasteiger partial charge in [0.15, 0.2) is 6.61 Å². The molecule has 2 aromatic rings. The molecule has 2 heterocycles. The Labute approximate surface area is 155 Å². The average molecular weight is 373 g/mol. The minimum Gasteiger partial charge on any atom is -0.454 e. The van der Waals surface area contributed by atoms with Crippen LogP contribution in [0.4, 0.5) is 0 Å². The molecule has 8 heteroatoms. The number of piperidine rings is 1. The number of likely N-dealkylation sites (tertiary alicyclic amines) is 1. The van der Waals surface area contributed by atoms with Crippen molar-refractivity contribution in [2.45, 2.75) is 51.7 Å². The van der Waals surface area contributed by atoms with Crippen LogP contribution >= 0.6 is 0 Å². The average Bonchev–Trinajstić information content (AvgIpc) is 2.64. The summed E-state index contributed by atoms with van der Waals surface area (Å²) in [6.45, 7) is 3.13. The zero-order valence-electron chi connectivity index (χ0n) is 15.4. The van der Waals surface area contributed by atoms with Gasteiger partial charge < -0.3 is 9.64 Å². The molecule has 0 spiro atoms. The van der Waals surface area contributed by atoms with Crippen LogP contribution in [0.25, 0.3) is 10.8 Å². The van der Waals surface area contributed by atoms with Gasteiger partial charge in [0.05, 0.1) is 10.8 Å². The molecule has 144 valence electrons. The van der Waals surface area contributed by atoms with Gasteiger partial charge in [0.2, 0.25) is 0 Å². The molecule has 1 saturated heterocycles. The van der Waals surface area contributed by atoms with E-state index in [0.29, 0.717) is 0 Å². The molecular weight excluding hydrogens is 350 g/mol. The van der Waals surface area contributed by atoms with Crippen molar-refractivity contribution in [2.75, 3.05) is 6.61 Å². The molecule has 1 N–H and O–H groups in total. The van der Waals surface area contributed by atoms with Crippen LogP contribution in [0, 0.1) is 0 Å². The van der Waals surface area contributed by atoms with Crippen molar-refractivity contribution < 1.29 is 14.3 Å². The normalized spacial score (nSPS) is 19.9. The lowest BCUT2D eigenvalue weighted by Crippen LogP contribution is -2.49. The Morgan fingerprint density at radius 3 is 2.41 bits per heavy atom. The van der Waals surface area contributed by atoms with Crippen LogP contribution in [0.15, 0.2) is 33.9 Å². The van der Waals surface area contributed by atoms with E-state index < -0.39 is 23.6 Å². The molecule has 0 radical (unpaired) electrons. The third kappa shape index (κ3) is 3.94. The van der Waals surface area contributed by atoms with Gasteiger partial charge in [-0.2, -0.15) is 0 Å². The predicted molar refractivity (Wildman–Crippen MR) is 99.4 cm³/mol. The molecule has 3 rings (SSSR count). The monoisotopic (exact) mass is 373 g/mol. The van der Waals surface area contributed by atoms with Crippen LogP contribution in [0.2, 0.25) is 0 Å². The maximum absolute atomic E-state index is 12.4. The number of carbonyl (C=O) groups excluding carboxylic acids is 2. The third-order valence-corrected chi connectivity index (χ3v) is 5.01. The molecular formula is C19H23N3O5. The molecule has 1 amide bonds. The first-order valence-corrected chi connectivity index (χ1v) is 9.07. The quantitative estimate of drug-likeness (QED) is 0.807. The highest BCUT2D eigenvalue weighted by molar-refractivity contribution is 5.82. The van der Waals surface area contributed by atoms with Crippen LogP contribution in [0.3, 0.4) is 0 Å². The number of nitrogens with zero attached hydrogens (tertiary/aromatic N) is 2. The van der Waals surface area contributed by atoms with Gasteiger partial charge in [0.25, 0.3) is 17.0 Å². The van der Waals surface area contributed by atoms with Crippen LogP contribution in [-0.2, 0) is 20.9 Å². The summed E-state index contributed by atoms with van der Waals surface area (Å²) in [5.41, 5.74) is -0.961. The lowest BCUT2D eigenvalue weighted by molar-refractivity contribution is -0.155. The molecule has 1 aromatic carbocycles. The molecule has 0 bridgehead atoms. The Balaban J connectivity index is 1.67. The molecule has 1 aromatic heterocycles. The number of H-pyrrole nitrogens is 1. The first-order valence-electron chi connectivity index (χ1n) is 9.07. The van der Waals surface area contributed by atoms with Gasteiger partial charge in [-0.05, 0) is 45.2 Å². The molecule has 1 fully saturated rings. The number of hydrogen-bond acceptors (Lipinski definition) is 5. The van der Waals surface area contributed by atoms with Gasteiger partial charge >= 0.3 is 5.97 Å². The second-order valence-electron chi connectivity index (χ2n) is 6.97. The predicted octanol–water partition coefficient (Wildman–Crippen LogP) is 1.02. The maximum atomic E-state index is 12.4. The number of nitrogens with one attached hydrogen (secondary N) is 1. The first kappa shape index (κ1) is 18.9. The first-order chi connectivity index (χ1) is 12.9. The van der Waals surface area contributed by atoms with Crippen LogP contribution < -0.4 is 11.1 Å². The van der Waals surface area contributed by atoms with Crippen LogP contribution in [0.5, 0.6) is 0 Å². The molecule has 27 heavy (non-hydrogen) atoms. The van der Waals surface area contributed by atoms with Crippen molar-refractivity contribution >= 4 is 22.6 Å². The summed E-state index contributed by atoms with van der Waals surface area (Å²) in [4.78, 5) is 50.7. The fraction of sp³-hybridized carbons (Fsp3) is 0.474. The smallest absolute Gasteiger partial charge is 0.328 e. The SMILES string of the molecule is C[C@@H]1CCC[C@H](C)N1C(=O)COC(=O)Cn1[nH]c(=O)c2ccccc2c1=O. The van der Waals surface area contributed by atoms with Crippen molar-refractivity contribution in [1.82, 2.24) is 14.7 Å². The Morgan fingerprint density at radius 2 is 1.74 bits per heavy atom. The molecule has 8 nitrogen and oxygen atoms in total. The third-order valence-electron chi connectivity index (χ3n) is 5.01. The summed E-state index contributed by atoms with van der Waals surface area (Å²) >= 11 is 0. The van der Waals surface area contributed by atoms with E-state index in [1.807, 2.05) is 13.8 Å². The summed E-state index contributed by atoms with van der Waals surface area (Å²) in [5, 5.41) is 2.85. The van der Waals surface area contributed by atoms with E-state index in [4.69, 9.17) is 4.74 Å². The fourth-order valence-electron chi connectivity index (χ4n) is 3.66. The van der Waals surface area contributed by atoms with Crippen molar-refractivity contribution in [1.29, 1.82) is 0 Å². The number of hydrogen-bond donors (Lipinski definition) is 1. The number of fused-ring (bicyclic) bond motifs is 1. The lowest BCUT2D eigenvalue weighted by Gasteiger charge is -2.38. The van der Waals surface area contributed by atoms with Crippen LogP contribution in [0.1, 0.15) is 33.1 Å². The number of aromatic amines is 1. The van der Waals surface area contributed by atoms with E-state index in [9.17, 15) is 19.2 Å². The molecule has 1 aliphatic rings. The second kappa shape index (κ2) is 7.77. The molecule has 1 aliphatic heterocycles. The van der Waals surface area contributed by atoms with Crippen molar-refractivity contribution in [3.8, 4) is 0 Å². The number of benzene rings is 1. The van der Waals surface area contributed by atoms with E-state index in [1.54, 1.807) is 17.0 Å². The Hall–Kier alpha value is -2.90. The Bertz CT molecular complexity index is 967. The second-order valence-corrected chi connectivity index (χ2v) is 6.97. The van der Waals surface area contributed by atoms with Gasteiger partial charge in [0, 0.05) is 12.1 Å². The van der Waals surface area contributed by atoms with E-state index in [0.717, 1.165) is 23.9 Å². The topological polar surface area (TPSA) is 101 Å². The number of rotatable bonds is 4. The summed E-state index contributed by atoms with van der Waals surface area (Å²) in [6, 6.07) is 6.59. The maximum Gasteiger partial charge on any atom is 0.328 e. The van der Waals surface area contributed by atoms with Crippen molar-refractivity contribution in [3.05, 3.63) is 45.0 Å². The van der Waals surface area contributed by atoms with E-state index >= 15 is 0 Å². The largest absolute Gasteiger partial charge is 0.454 e. The number of carbonyl (C=O) groups is 2. The molecule has 0 unspecified atom stereocenters. The van der Waals surface area contributed by atoms with Gasteiger partial charge in [-0.15, -0.1) is 0 Å². The van der Waals surface area contributed by atoms with E-state index in [-0.39, 0.29) is 35.4 Å². The minimum absolute atomic E-state index is 0.111. The van der Waals surface area contributed by atoms with Crippen LogP contribution in [-0.4, -0.2) is 45.2 Å². The number of aromatic nitrogens is 2. The minimum atomic E-state index is -0.756. The van der Waals surface area contributed by atoms with E-state index in [2.05, 4.69) is 5.10 Å². The fourth-order valence-corrected chi connectivity index (χ4v) is 3.66. The number of esters is 1. The van der Waals surface area contributed by atoms with Gasteiger partial charge in [-0.3, -0.25) is 24.3 Å². The van der Waals surface area contributed by atoms with Gasteiger partial charge in [-0.25, -0.2) is 4.68 Å².